The molecule has 3 aromatic rings. The lowest BCUT2D eigenvalue weighted by atomic mass is 9.82. The van der Waals surface area contributed by atoms with Gasteiger partial charge >= 0.3 is 11.9 Å². The maximum atomic E-state index is 15.2. The third-order valence-corrected chi connectivity index (χ3v) is 19.7. The van der Waals surface area contributed by atoms with Gasteiger partial charge in [-0.15, -0.1) is 0 Å². The third-order valence-electron chi connectivity index (χ3n) is 14.7. The molecule has 0 amide bonds. The van der Waals surface area contributed by atoms with Crippen LogP contribution in [0.2, 0.25) is 28.2 Å². The van der Waals surface area contributed by atoms with E-state index in [0.717, 1.165) is 94.1 Å². The molecule has 0 bridgehead atoms. The average Bonchev–Trinajstić information content (AvgIpc) is 3.39. The number of carbonyl (C=O) groups is 3. The van der Waals surface area contributed by atoms with Gasteiger partial charge in [0.05, 0.1) is 26.4 Å². The van der Waals surface area contributed by atoms with Gasteiger partial charge in [0, 0.05) is 29.3 Å². The van der Waals surface area contributed by atoms with Gasteiger partial charge in [0.25, 0.3) is 0 Å². The number of nitrogens with two attached hydrogens (primary N) is 1. The van der Waals surface area contributed by atoms with Crippen molar-refractivity contribution in [1.82, 2.24) is 0 Å². The molecule has 1 fully saturated rings. The topological polar surface area (TPSA) is 162 Å². The Morgan fingerprint density at radius 2 is 1.17 bits per heavy atom. The van der Waals surface area contributed by atoms with Crippen LogP contribution in [0.15, 0.2) is 78.9 Å². The zero-order valence-electron chi connectivity index (χ0n) is 46.8. The molecule has 0 radical (unpaired) electrons. The highest BCUT2D eigenvalue weighted by molar-refractivity contribution is 6.74. The monoisotopic (exact) mass is 1110 g/mol. The lowest BCUT2D eigenvalue weighted by Crippen LogP contribution is -2.70. The van der Waals surface area contributed by atoms with E-state index in [2.05, 4.69) is 40.8 Å². The Kier molecular flexibility index (Phi) is 30.1. The van der Waals surface area contributed by atoms with Crippen molar-refractivity contribution in [1.29, 1.82) is 0 Å². The molecule has 6 atom stereocenters. The van der Waals surface area contributed by atoms with E-state index in [1.54, 1.807) is 24.3 Å². The number of halogens is 2. The Labute approximate surface area is 467 Å². The predicted molar refractivity (Wildman–Crippen MR) is 306 cm³/mol. The molecule has 0 unspecified atom stereocenters. The van der Waals surface area contributed by atoms with E-state index in [0.29, 0.717) is 42.5 Å². The summed E-state index contributed by atoms with van der Waals surface area (Å²) in [6.45, 7) is 13.8. The van der Waals surface area contributed by atoms with E-state index in [4.69, 9.17) is 61.8 Å². The minimum Gasteiger partial charge on any atom is -0.494 e. The van der Waals surface area contributed by atoms with E-state index < -0.39 is 56.3 Å². The number of benzene rings is 3. The molecular weight excluding hydrogens is 1020 g/mol. The molecule has 3 aromatic carbocycles. The fourth-order valence-electron chi connectivity index (χ4n) is 9.03. The molecular formula is C61H93Cl2NO11Si. The van der Waals surface area contributed by atoms with E-state index >= 15 is 4.79 Å². The van der Waals surface area contributed by atoms with E-state index in [1.807, 2.05) is 54.6 Å². The maximum Gasteiger partial charge on any atom is 0.306 e. The predicted octanol–water partition coefficient (Wildman–Crippen LogP) is 15.1. The second kappa shape index (κ2) is 35.2. The summed E-state index contributed by atoms with van der Waals surface area (Å²) in [4.78, 5) is 42.7. The standard InChI is InChI=1S/C61H93Cl2NO11Si/c1-7-8-9-10-11-12-13-16-24-31-52(73-55(66)32-25-17-14-19-27-42-69-50-38-34-48(62)35-39-50)44-53(65)57-59(74-56(67)33-26-18-15-20-28-43-70-51-40-36-49(63)37-41-51)58(68)54(46-72-76(5,6)60(2,3)4)75-61(57,64)71-45-47-29-22-21-23-30-47/h21-23,29-30,34-41,52,54,57-59,68H,7-20,24-28,31-33,42-46,64H2,1-6H3/t52-,54+,57+,58+,59+,61-/m0/s1. The number of hydrogen-bond acceptors (Lipinski definition) is 12. The Morgan fingerprint density at radius 1 is 0.684 bits per heavy atom. The zero-order chi connectivity index (χ0) is 55.2. The second-order valence-corrected chi connectivity index (χ2v) is 27.9. The van der Waals surface area contributed by atoms with Crippen LogP contribution in [-0.4, -0.2) is 81.3 Å². The van der Waals surface area contributed by atoms with Crippen molar-refractivity contribution in [3.63, 3.8) is 0 Å². The fraction of sp³-hybridized carbons (Fsp3) is 0.656. The summed E-state index contributed by atoms with van der Waals surface area (Å²) in [7, 11) is -2.40. The van der Waals surface area contributed by atoms with Crippen LogP contribution in [0.3, 0.4) is 0 Å². The summed E-state index contributed by atoms with van der Waals surface area (Å²) in [6.07, 6.45) is 13.8. The molecule has 1 heterocycles. The number of aliphatic hydroxyl groups excluding tert-OH is 1. The van der Waals surface area contributed by atoms with Crippen LogP contribution in [0.4, 0.5) is 0 Å². The average molecular weight is 1120 g/mol. The quantitative estimate of drug-likeness (QED) is 0.0241. The number of carbonyl (C=O) groups excluding carboxylic acids is 3. The highest BCUT2D eigenvalue weighted by Crippen LogP contribution is 2.40. The molecule has 3 N–H and O–H groups in total. The lowest BCUT2D eigenvalue weighted by Gasteiger charge is -2.49. The van der Waals surface area contributed by atoms with Crippen molar-refractivity contribution in [2.24, 2.45) is 11.7 Å². The van der Waals surface area contributed by atoms with Crippen LogP contribution < -0.4 is 15.2 Å². The molecule has 4 rings (SSSR count). The number of unbranched alkanes of at least 4 members (excludes halogenated alkanes) is 16. The molecule has 0 spiro atoms. The van der Waals surface area contributed by atoms with Crippen molar-refractivity contribution < 1.29 is 52.3 Å². The van der Waals surface area contributed by atoms with Crippen molar-refractivity contribution >= 4 is 49.2 Å². The summed E-state index contributed by atoms with van der Waals surface area (Å²) < 4.78 is 43.6. The molecule has 76 heavy (non-hydrogen) atoms. The van der Waals surface area contributed by atoms with Crippen LogP contribution in [0, 0.1) is 5.92 Å². The SMILES string of the molecule is CCCCCCCCCCC[C@@H](CC(=O)[C@@H]1[C@@H](OC(=O)CCCCCCCOc2ccc(Cl)cc2)[C@H](O)[C@@H](CO[Si](C)(C)C(C)(C)C)O[C@@]1(N)OCc1ccccc1)OC(=O)CCCCCCCOc1ccc(Cl)cc1. The van der Waals surface area contributed by atoms with Gasteiger partial charge < -0.3 is 38.0 Å². The van der Waals surface area contributed by atoms with Gasteiger partial charge in [-0.05, 0) is 111 Å². The number of ketones is 1. The first-order chi connectivity index (χ1) is 36.4. The third kappa shape index (κ3) is 24.6. The smallest absolute Gasteiger partial charge is 0.306 e. The fourth-order valence-corrected chi connectivity index (χ4v) is 10.3. The molecule has 0 saturated carbocycles. The Balaban J connectivity index is 1.48. The molecule has 0 aliphatic carbocycles. The number of aliphatic hydroxyl groups is 1. The highest BCUT2D eigenvalue weighted by Gasteiger charge is 2.59. The molecule has 0 aromatic heterocycles. The van der Waals surface area contributed by atoms with Crippen LogP contribution in [0.25, 0.3) is 0 Å². The molecule has 1 aliphatic rings. The van der Waals surface area contributed by atoms with Crippen LogP contribution in [0.5, 0.6) is 11.5 Å². The summed E-state index contributed by atoms with van der Waals surface area (Å²) in [5, 5.41) is 13.4. The Morgan fingerprint density at radius 3 is 1.70 bits per heavy atom. The van der Waals surface area contributed by atoms with E-state index in [1.165, 1.54) is 32.1 Å². The van der Waals surface area contributed by atoms with Gasteiger partial charge in [0.1, 0.15) is 47.6 Å². The summed E-state index contributed by atoms with van der Waals surface area (Å²) in [5.41, 5.74) is 7.98. The first kappa shape index (κ1) is 65.0. The van der Waals surface area contributed by atoms with Gasteiger partial charge in [-0.1, -0.05) is 171 Å². The van der Waals surface area contributed by atoms with E-state index in [-0.39, 0.29) is 43.5 Å². The van der Waals surface area contributed by atoms with Crippen molar-refractivity contribution in [2.75, 3.05) is 19.8 Å². The molecule has 15 heteroatoms. The number of hydrogen-bond donors (Lipinski definition) is 2. The summed E-state index contributed by atoms with van der Waals surface area (Å²) in [6, 6.07) is 24.0. The molecule has 426 valence electrons. The Hall–Kier alpha value is -3.53. The van der Waals surface area contributed by atoms with Crippen molar-refractivity contribution in [3.05, 3.63) is 94.5 Å². The summed E-state index contributed by atoms with van der Waals surface area (Å²) in [5.74, 6) is -3.54. The first-order valence-electron chi connectivity index (χ1n) is 28.6. The van der Waals surface area contributed by atoms with Crippen LogP contribution in [0.1, 0.15) is 181 Å². The minimum atomic E-state index is -2.40. The van der Waals surface area contributed by atoms with Crippen molar-refractivity contribution in [3.8, 4) is 11.5 Å². The molecule has 12 nitrogen and oxygen atoms in total. The maximum absolute atomic E-state index is 15.2. The van der Waals surface area contributed by atoms with E-state index in [9.17, 15) is 14.7 Å². The Bertz CT molecular complexity index is 2070. The van der Waals surface area contributed by atoms with Gasteiger partial charge in [-0.25, -0.2) is 0 Å². The first-order valence-corrected chi connectivity index (χ1v) is 32.2. The van der Waals surface area contributed by atoms with Gasteiger partial charge in [-0.3, -0.25) is 20.1 Å². The number of esters is 2. The summed E-state index contributed by atoms with van der Waals surface area (Å²) >= 11 is 12.0. The second-order valence-electron chi connectivity index (χ2n) is 22.2. The number of rotatable bonds is 39. The highest BCUT2D eigenvalue weighted by atomic mass is 35.5. The minimum absolute atomic E-state index is 0.0370. The lowest BCUT2D eigenvalue weighted by molar-refractivity contribution is -0.345. The normalized spacial score (nSPS) is 19.2. The van der Waals surface area contributed by atoms with Gasteiger partial charge in [-0.2, -0.15) is 0 Å². The molecule has 1 aliphatic heterocycles. The zero-order valence-corrected chi connectivity index (χ0v) is 49.4. The molecule has 1 saturated heterocycles. The van der Waals surface area contributed by atoms with Gasteiger partial charge in [0.15, 0.2) is 8.32 Å². The van der Waals surface area contributed by atoms with Crippen LogP contribution >= 0.6 is 23.2 Å². The van der Waals surface area contributed by atoms with Crippen LogP contribution in [-0.2, 0) is 44.4 Å². The largest absolute Gasteiger partial charge is 0.494 e. The number of Topliss-reactive ketones (excluding diaryl/α,β-unsaturated/α-hetero) is 1. The van der Waals surface area contributed by atoms with Gasteiger partial charge in [0.2, 0.25) is 5.91 Å². The van der Waals surface area contributed by atoms with Crippen molar-refractivity contribution in [2.45, 2.75) is 230 Å². The number of ether oxygens (including phenoxy) is 6.